The first-order valence-corrected chi connectivity index (χ1v) is 5.19. The molecule has 16 heavy (non-hydrogen) atoms. The zero-order valence-electron chi connectivity index (χ0n) is 9.35. The maximum absolute atomic E-state index is 11.1. The zero-order valence-corrected chi connectivity index (χ0v) is 9.35. The summed E-state index contributed by atoms with van der Waals surface area (Å²) in [7, 11) is 0. The number of hydrogen-bond acceptors (Lipinski definition) is 4. The lowest BCUT2D eigenvalue weighted by Crippen LogP contribution is -2.06. The van der Waals surface area contributed by atoms with Crippen molar-refractivity contribution in [2.24, 2.45) is 5.73 Å². The predicted octanol–water partition coefficient (Wildman–Crippen LogP) is 1.42. The van der Waals surface area contributed by atoms with E-state index in [1.807, 2.05) is 18.2 Å². The molecule has 0 amide bonds. The molecule has 0 saturated heterocycles. The number of aryl methyl sites for hydroxylation is 1. The Morgan fingerprint density at radius 1 is 1.56 bits per heavy atom. The number of carbonyl (C=O) groups is 1. The van der Waals surface area contributed by atoms with Crippen LogP contribution in [0, 0.1) is 0 Å². The fraction of sp³-hybridized carbons (Fsp3) is 0.333. The molecule has 1 rings (SSSR count). The monoisotopic (exact) mass is 220 g/mol. The van der Waals surface area contributed by atoms with Crippen molar-refractivity contribution in [3.63, 3.8) is 0 Å². The summed E-state index contributed by atoms with van der Waals surface area (Å²) in [4.78, 5) is 15.2. The van der Waals surface area contributed by atoms with Crippen molar-refractivity contribution in [3.8, 4) is 0 Å². The van der Waals surface area contributed by atoms with Gasteiger partial charge in [-0.2, -0.15) is 0 Å². The van der Waals surface area contributed by atoms with Crippen LogP contribution in [-0.2, 0) is 16.0 Å². The maximum Gasteiger partial charge on any atom is 0.332 e. The van der Waals surface area contributed by atoms with Gasteiger partial charge in [0.1, 0.15) is 0 Å². The molecule has 0 saturated carbocycles. The van der Waals surface area contributed by atoms with Crippen LogP contribution in [0.15, 0.2) is 36.2 Å². The Balaban J connectivity index is 2.18. The van der Waals surface area contributed by atoms with Gasteiger partial charge in [0, 0.05) is 23.7 Å². The third-order valence-corrected chi connectivity index (χ3v) is 1.89. The molecule has 4 heteroatoms. The number of aromatic nitrogens is 1. The van der Waals surface area contributed by atoms with Crippen LogP contribution in [0.3, 0.4) is 0 Å². The maximum atomic E-state index is 11.1. The fourth-order valence-electron chi connectivity index (χ4n) is 1.20. The van der Waals surface area contributed by atoms with E-state index < -0.39 is 0 Å². The molecule has 0 aliphatic rings. The molecule has 0 radical (unpaired) electrons. The first kappa shape index (κ1) is 12.2. The minimum atomic E-state index is -0.388. The summed E-state index contributed by atoms with van der Waals surface area (Å²) in [6.45, 7) is 2.04. The highest BCUT2D eigenvalue weighted by Gasteiger charge is 1.98. The summed E-state index contributed by atoms with van der Waals surface area (Å²) in [5.41, 5.74) is 6.80. The van der Waals surface area contributed by atoms with Gasteiger partial charge in [-0.05, 0) is 31.9 Å². The highest BCUT2D eigenvalue weighted by molar-refractivity contribution is 5.82. The van der Waals surface area contributed by atoms with Gasteiger partial charge in [0.05, 0.1) is 6.61 Å². The van der Waals surface area contributed by atoms with E-state index in [1.54, 1.807) is 13.1 Å². The lowest BCUT2D eigenvalue weighted by Gasteiger charge is -2.02. The second kappa shape index (κ2) is 6.61. The van der Waals surface area contributed by atoms with E-state index in [-0.39, 0.29) is 5.97 Å². The second-order valence-corrected chi connectivity index (χ2v) is 3.48. The van der Waals surface area contributed by atoms with Crippen LogP contribution in [0.2, 0.25) is 0 Å². The van der Waals surface area contributed by atoms with Crippen molar-refractivity contribution in [1.29, 1.82) is 0 Å². The average Bonchev–Trinajstić information content (AvgIpc) is 2.25. The standard InChI is InChI=1S/C12H16N2O2/c1-10(13)9-12(15)16-8-4-6-11-5-2-3-7-14-11/h2-3,5,7,9H,4,6,8,13H2,1H3/b10-9-. The van der Waals surface area contributed by atoms with Crippen LogP contribution < -0.4 is 5.73 Å². The molecule has 0 spiro atoms. The Labute approximate surface area is 95.1 Å². The third kappa shape index (κ3) is 5.14. The van der Waals surface area contributed by atoms with Gasteiger partial charge in [-0.1, -0.05) is 6.07 Å². The van der Waals surface area contributed by atoms with E-state index in [1.165, 1.54) is 6.08 Å². The average molecular weight is 220 g/mol. The third-order valence-electron chi connectivity index (χ3n) is 1.89. The van der Waals surface area contributed by atoms with Gasteiger partial charge in [-0.25, -0.2) is 4.79 Å². The smallest absolute Gasteiger partial charge is 0.332 e. The van der Waals surface area contributed by atoms with Crippen LogP contribution in [0.1, 0.15) is 19.0 Å². The number of rotatable bonds is 5. The van der Waals surface area contributed by atoms with Crippen molar-refractivity contribution in [2.45, 2.75) is 19.8 Å². The molecule has 0 aliphatic carbocycles. The Kier molecular flexibility index (Phi) is 5.05. The quantitative estimate of drug-likeness (QED) is 0.463. The molecule has 1 heterocycles. The van der Waals surface area contributed by atoms with Gasteiger partial charge in [-0.15, -0.1) is 0 Å². The number of nitrogens with zero attached hydrogens (tertiary/aromatic N) is 1. The Morgan fingerprint density at radius 2 is 2.38 bits per heavy atom. The molecule has 0 aromatic carbocycles. The van der Waals surface area contributed by atoms with E-state index in [0.29, 0.717) is 12.3 Å². The summed E-state index contributed by atoms with van der Waals surface area (Å²) < 4.78 is 4.95. The first-order chi connectivity index (χ1) is 7.68. The summed E-state index contributed by atoms with van der Waals surface area (Å²) in [5.74, 6) is -0.388. The van der Waals surface area contributed by atoms with Crippen molar-refractivity contribution in [1.82, 2.24) is 4.98 Å². The Morgan fingerprint density at radius 3 is 3.00 bits per heavy atom. The molecular weight excluding hydrogens is 204 g/mol. The molecule has 0 unspecified atom stereocenters. The van der Waals surface area contributed by atoms with Crippen molar-refractivity contribution >= 4 is 5.97 Å². The summed E-state index contributed by atoms with van der Waals surface area (Å²) in [6.07, 6.45) is 4.60. The molecule has 0 atom stereocenters. The van der Waals surface area contributed by atoms with E-state index in [4.69, 9.17) is 10.5 Å². The number of pyridine rings is 1. The van der Waals surface area contributed by atoms with Gasteiger partial charge in [0.2, 0.25) is 0 Å². The fourth-order valence-corrected chi connectivity index (χ4v) is 1.20. The Bertz CT molecular complexity index is 357. The summed E-state index contributed by atoms with van der Waals surface area (Å²) >= 11 is 0. The first-order valence-electron chi connectivity index (χ1n) is 5.19. The van der Waals surface area contributed by atoms with Gasteiger partial charge >= 0.3 is 5.97 Å². The lowest BCUT2D eigenvalue weighted by molar-refractivity contribution is -0.137. The van der Waals surface area contributed by atoms with E-state index >= 15 is 0 Å². The SMILES string of the molecule is C/C(N)=C/C(=O)OCCCc1ccccn1. The van der Waals surface area contributed by atoms with E-state index in [9.17, 15) is 4.79 Å². The zero-order chi connectivity index (χ0) is 11.8. The number of carbonyl (C=O) groups excluding carboxylic acids is 1. The molecular formula is C12H16N2O2. The topological polar surface area (TPSA) is 65.2 Å². The molecule has 4 nitrogen and oxygen atoms in total. The minimum absolute atomic E-state index is 0.388. The molecule has 1 aromatic rings. The van der Waals surface area contributed by atoms with Gasteiger partial charge in [-0.3, -0.25) is 4.98 Å². The van der Waals surface area contributed by atoms with Crippen LogP contribution in [0.5, 0.6) is 0 Å². The largest absolute Gasteiger partial charge is 0.462 e. The van der Waals surface area contributed by atoms with Crippen molar-refractivity contribution in [2.75, 3.05) is 6.61 Å². The van der Waals surface area contributed by atoms with Gasteiger partial charge in [0.15, 0.2) is 0 Å². The minimum Gasteiger partial charge on any atom is -0.462 e. The highest BCUT2D eigenvalue weighted by atomic mass is 16.5. The summed E-state index contributed by atoms with van der Waals surface area (Å²) in [6, 6.07) is 5.76. The molecule has 0 aliphatic heterocycles. The van der Waals surface area contributed by atoms with Crippen molar-refractivity contribution in [3.05, 3.63) is 41.9 Å². The predicted molar refractivity (Wildman–Crippen MR) is 61.5 cm³/mol. The van der Waals surface area contributed by atoms with Crippen LogP contribution >= 0.6 is 0 Å². The molecule has 2 N–H and O–H groups in total. The van der Waals surface area contributed by atoms with Crippen molar-refractivity contribution < 1.29 is 9.53 Å². The van der Waals surface area contributed by atoms with Crippen LogP contribution in [0.4, 0.5) is 0 Å². The normalized spacial score (nSPS) is 11.2. The van der Waals surface area contributed by atoms with Crippen LogP contribution in [-0.4, -0.2) is 17.6 Å². The molecule has 0 bridgehead atoms. The number of esters is 1. The number of hydrogen-bond donors (Lipinski definition) is 1. The molecule has 1 aromatic heterocycles. The van der Waals surface area contributed by atoms with Crippen LogP contribution in [0.25, 0.3) is 0 Å². The highest BCUT2D eigenvalue weighted by Crippen LogP contribution is 1.98. The summed E-state index contributed by atoms with van der Waals surface area (Å²) in [5, 5.41) is 0. The second-order valence-electron chi connectivity index (χ2n) is 3.48. The van der Waals surface area contributed by atoms with E-state index in [0.717, 1.165) is 18.5 Å². The number of ether oxygens (including phenoxy) is 1. The Hall–Kier alpha value is -1.84. The molecule has 86 valence electrons. The van der Waals surface area contributed by atoms with Gasteiger partial charge in [0.25, 0.3) is 0 Å². The van der Waals surface area contributed by atoms with Gasteiger partial charge < -0.3 is 10.5 Å². The number of allylic oxidation sites excluding steroid dienone is 1. The molecule has 0 fully saturated rings. The van der Waals surface area contributed by atoms with E-state index in [2.05, 4.69) is 4.98 Å². The lowest BCUT2D eigenvalue weighted by atomic mass is 10.2. The number of nitrogens with two attached hydrogens (primary N) is 1.